The molecule has 0 unspecified atom stereocenters. The van der Waals surface area contributed by atoms with Crippen LogP contribution < -0.4 is 0 Å². The molecule has 13 nitrogen and oxygen atoms in total. The molecule has 0 aliphatic carbocycles. The Morgan fingerprint density at radius 1 is 0.241 bits per heavy atom. The first-order valence-corrected chi connectivity index (χ1v) is 37.2. The number of fused-ring (bicyclic) bond motifs is 14. The Morgan fingerprint density at radius 3 is 1.19 bits per heavy atom. The Hall–Kier alpha value is -15.0. The average Bonchev–Trinajstić information content (AvgIpc) is 1.50. The van der Waals surface area contributed by atoms with Gasteiger partial charge in [0.25, 0.3) is 0 Å². The van der Waals surface area contributed by atoms with Crippen molar-refractivity contribution in [2.45, 2.75) is 0 Å². The van der Waals surface area contributed by atoms with Crippen LogP contribution in [-0.2, 0) is 25.3 Å². The molecule has 0 saturated carbocycles. The summed E-state index contributed by atoms with van der Waals surface area (Å²) in [5, 5.41) is 1.83. The number of hydrogen-bond acceptors (Lipinski definition) is 8. The van der Waals surface area contributed by atoms with Gasteiger partial charge in [-0.2, -0.15) is 19.9 Å². The average molecular weight is 1710 g/mol. The standard InChI is InChI=1S/2C51H33N5.H2O.2O.Pt/c2*1-4-16-34(17-5-1)37-22-14-24-39(32-37)50-52-49(36-20-8-3-9-21-36)53-51(54-50)56-46-29-13-11-27-42(46)44-31-30-43-41-26-10-12-28-45(41)55(47(43)48(44)56)40-25-15-23-38(33-40)35-18-6-2-7-19-35;;;;/h2*1-33H;1H2;;;/i1D,2D,3D,4D,5D,6D,7D,8D,9D,10D,11D,12D,13D,14D,15D,16D,17D,18D,19D,20D,21D,22D,23D,24D,25D,26D,27D,28D,29D,30D,31D,32D,33D;;;;;/hD2. The van der Waals surface area contributed by atoms with Crippen LogP contribution >= 0.6 is 0 Å². The molecule has 6 heterocycles. The van der Waals surface area contributed by atoms with E-state index >= 15 is 0 Å². The quantitative estimate of drug-likeness (QED) is 0.117. The fourth-order valence-electron chi connectivity index (χ4n) is 14.4. The van der Waals surface area contributed by atoms with Crippen molar-refractivity contribution in [2.24, 2.45) is 0 Å². The zero-order valence-corrected chi connectivity index (χ0v) is 61.8. The number of para-hydroxylation sites is 4. The molecule has 14 heteroatoms. The Balaban J connectivity index is 0.000000196. The summed E-state index contributed by atoms with van der Waals surface area (Å²) in [6, 6.07) is 36.8. The summed E-state index contributed by atoms with van der Waals surface area (Å²) < 4.78 is 331. The molecule has 0 fully saturated rings. The number of hydrogen-bond donors (Lipinski definition) is 0. The molecule has 0 bridgehead atoms. The first kappa shape index (κ1) is 42.6. The fourth-order valence-corrected chi connectivity index (χ4v) is 14.4. The molecule has 0 saturated heterocycles. The maximum absolute atomic E-state index is 9.90. The maximum atomic E-state index is 9.90. The van der Waals surface area contributed by atoms with Crippen molar-refractivity contribution in [3.8, 4) is 113 Å². The van der Waals surface area contributed by atoms with Gasteiger partial charge in [-0.1, -0.05) is 339 Å². The van der Waals surface area contributed by atoms with Gasteiger partial charge in [-0.3, -0.25) is 9.13 Å². The molecule has 0 aliphatic rings. The monoisotopic (exact) mass is 1710 g/mol. The summed E-state index contributed by atoms with van der Waals surface area (Å²) in [6.45, 7) is 0. The summed E-state index contributed by atoms with van der Waals surface area (Å²) in [5.41, 5.74) is 5.15. The zero-order chi connectivity index (χ0) is 108. The molecular weight excluding hydrogens is 1610 g/mol. The minimum Gasteiger partial charge on any atom is -0.307 e. The van der Waals surface area contributed by atoms with Gasteiger partial charge >= 0.3 is 25.3 Å². The molecule has 22 aromatic rings. The van der Waals surface area contributed by atoms with Gasteiger partial charge in [0.1, 0.15) is 0 Å². The number of aromatic nitrogens is 10. The fraction of sp³-hybridized carbons (Fsp3) is 0. The van der Waals surface area contributed by atoms with Crippen molar-refractivity contribution in [1.29, 1.82) is 2.86 Å². The van der Waals surface area contributed by atoms with Crippen LogP contribution in [0.25, 0.3) is 201 Å². The van der Waals surface area contributed by atoms with Gasteiger partial charge in [0.05, 0.1) is 89.4 Å². The SMILES string of the molecule is [2H]O[2H].[2H]c1c([2H])c([2H])c(-c2nc(-c3c([2H])c([2H])c([2H])c(-c4c([2H])c([2H])c([2H])c([2H])c4[2H])c3[2H])nc(-n3c4c([2H])c([2H])c([2H])c([2H])c4c4c([2H])c([2H])c5c6c([2H])c([2H])c([2H])c([2H])c6n(-c6c([2H])c([2H])c([2H])c(-c7c([2H])c([2H])c([2H])c([2H])c7[2H])c6[2H])c5c43)n2)c([2H])c1[2H].[O]=[Pt]=[O].c1ccc(-c2cccc(-c3nc(-c4ccccc4)nc(-n4c5ccccc5c5ccc6c7ccccc7n(-c7cccc(-c8ccccc8)c7)c6c54)n3)c2)cc1. The predicted octanol–water partition coefficient (Wildman–Crippen LogP) is 24.4. The van der Waals surface area contributed by atoms with Crippen LogP contribution in [0.4, 0.5) is 0 Å². The van der Waals surface area contributed by atoms with Crippen LogP contribution in [0.3, 0.4) is 0 Å². The van der Waals surface area contributed by atoms with E-state index in [1.807, 2.05) is 24.3 Å². The minimum absolute atomic E-state index is 0.563. The minimum atomic E-state index is -1.92. The van der Waals surface area contributed by atoms with Gasteiger partial charge in [-0.05, 0) is 105 Å². The third-order valence-electron chi connectivity index (χ3n) is 19.2. The summed E-state index contributed by atoms with van der Waals surface area (Å²) in [5.74, 6) is -1.32. The van der Waals surface area contributed by atoms with Gasteiger partial charge in [-0.25, -0.2) is 9.97 Å². The van der Waals surface area contributed by atoms with Crippen molar-refractivity contribution in [2.75, 3.05) is 0 Å². The second-order valence-electron chi connectivity index (χ2n) is 25.7. The van der Waals surface area contributed by atoms with Crippen LogP contribution in [-0.4, -0.2) is 56.5 Å². The normalized spacial score (nSPS) is 15.5. The summed E-state index contributed by atoms with van der Waals surface area (Å²) >= 11 is -1.92. The third-order valence-corrected chi connectivity index (χ3v) is 19.2. The summed E-state index contributed by atoms with van der Waals surface area (Å²) in [7, 11) is 0. The Morgan fingerprint density at radius 2 is 0.612 bits per heavy atom. The maximum Gasteiger partial charge on any atom is 0.238 e. The Bertz CT molecular complexity index is 9590. The largest absolute Gasteiger partial charge is 0.307 e. The van der Waals surface area contributed by atoms with E-state index in [0.29, 0.717) is 26.7 Å². The van der Waals surface area contributed by atoms with Crippen molar-refractivity contribution < 1.29 is 76.0 Å². The van der Waals surface area contributed by atoms with Crippen LogP contribution in [0.2, 0.25) is 0 Å². The second-order valence-corrected chi connectivity index (χ2v) is 26.1. The summed E-state index contributed by atoms with van der Waals surface area (Å²) in [6.07, 6.45) is 0. The molecule has 0 aliphatic heterocycles. The van der Waals surface area contributed by atoms with Gasteiger partial charge in [0.15, 0.2) is 23.3 Å². The van der Waals surface area contributed by atoms with E-state index < -0.39 is 318 Å². The van der Waals surface area contributed by atoms with Crippen LogP contribution in [0.1, 0.15) is 45.2 Å². The zero-order valence-electron chi connectivity index (χ0n) is 94.6. The molecule has 0 spiro atoms. The van der Waals surface area contributed by atoms with Crippen LogP contribution in [0, 0.1) is 0 Å². The first-order valence-electron chi connectivity index (χ1n) is 52.6. The Kier molecular flexibility index (Phi) is 11.4. The van der Waals surface area contributed by atoms with Crippen molar-refractivity contribution >= 4 is 87.2 Å². The molecule has 2 N–H and O–H groups in total. The molecule has 554 valence electrons. The second kappa shape index (κ2) is 30.9. The molecule has 0 atom stereocenters. The van der Waals surface area contributed by atoms with E-state index in [-0.39, 0.29) is 0 Å². The molecule has 22 rings (SSSR count). The van der Waals surface area contributed by atoms with Crippen LogP contribution in [0.5, 0.6) is 0 Å². The molecule has 116 heavy (non-hydrogen) atoms. The smallest absolute Gasteiger partial charge is 0.238 e. The third kappa shape index (κ3) is 12.9. The molecular formula is C102H68N10O3Pt. The van der Waals surface area contributed by atoms with Gasteiger partial charge < -0.3 is 14.6 Å². The summed E-state index contributed by atoms with van der Waals surface area (Å²) in [4.78, 5) is 29.2. The van der Waals surface area contributed by atoms with Crippen molar-refractivity contribution in [1.82, 2.24) is 48.2 Å². The predicted molar refractivity (Wildman–Crippen MR) is 465 cm³/mol. The molecule has 0 amide bonds. The molecule has 0 radical (unpaired) electrons. The van der Waals surface area contributed by atoms with E-state index in [0.717, 1.165) is 71.7 Å². The van der Waals surface area contributed by atoms with E-state index in [1.165, 1.54) is 10.9 Å². The van der Waals surface area contributed by atoms with Crippen LogP contribution in [0.15, 0.2) is 400 Å². The number of benzene rings is 16. The van der Waals surface area contributed by atoms with E-state index in [4.69, 9.17) is 54.8 Å². The van der Waals surface area contributed by atoms with Gasteiger partial charge in [0.2, 0.25) is 14.8 Å². The van der Waals surface area contributed by atoms with E-state index in [1.54, 1.807) is 0 Å². The number of nitrogens with zero attached hydrogens (tertiary/aromatic N) is 10. The Labute approximate surface area is 724 Å². The van der Waals surface area contributed by atoms with Gasteiger partial charge in [0, 0.05) is 76.7 Å². The number of rotatable bonds is 12. The molecule has 6 aromatic heterocycles. The topological polar surface area (TPSA) is 163 Å². The first-order chi connectivity index (χ1) is 72.1. The molecule has 16 aromatic carbocycles. The van der Waals surface area contributed by atoms with E-state index in [9.17, 15) is 15.1 Å². The van der Waals surface area contributed by atoms with Gasteiger partial charge in [-0.15, -0.1) is 0 Å². The van der Waals surface area contributed by atoms with Crippen molar-refractivity contribution in [3.63, 3.8) is 0 Å². The van der Waals surface area contributed by atoms with E-state index in [2.05, 4.69) is 205 Å². The van der Waals surface area contributed by atoms with Crippen molar-refractivity contribution in [3.05, 3.63) is 400 Å².